The smallest absolute Gasteiger partial charge is 0.274 e. The number of nitrogens with two attached hydrogens (primary N) is 2. The minimum absolute atomic E-state index is 0.172. The van der Waals surface area contributed by atoms with Gasteiger partial charge in [0.25, 0.3) is 0 Å². The van der Waals surface area contributed by atoms with Gasteiger partial charge >= 0.3 is 6.03 Å². The predicted octanol–water partition coefficient (Wildman–Crippen LogP) is 5.23. The highest BCUT2D eigenvalue weighted by atomic mass is 35.5. The van der Waals surface area contributed by atoms with Gasteiger partial charge in [0.2, 0.25) is 0 Å². The summed E-state index contributed by atoms with van der Waals surface area (Å²) in [5.41, 5.74) is 4.89. The number of urea groups is 1. The molecule has 34 heavy (non-hydrogen) atoms. The number of anilines is 1. The van der Waals surface area contributed by atoms with Gasteiger partial charge in [-0.15, -0.1) is 0 Å². The Bertz CT molecular complexity index is 1380. The topological polar surface area (TPSA) is 123 Å². The van der Waals surface area contributed by atoms with E-state index >= 15 is 0 Å². The third-order valence-corrected chi connectivity index (χ3v) is 5.77. The van der Waals surface area contributed by atoms with Crippen molar-refractivity contribution in [1.29, 1.82) is 0 Å². The molecule has 0 bridgehead atoms. The van der Waals surface area contributed by atoms with Crippen LogP contribution in [-0.4, -0.2) is 21.0 Å². The first-order valence-corrected chi connectivity index (χ1v) is 11.1. The second-order valence-corrected chi connectivity index (χ2v) is 9.53. The number of halogens is 2. The van der Waals surface area contributed by atoms with Gasteiger partial charge in [0.15, 0.2) is 11.5 Å². The van der Waals surface area contributed by atoms with Crippen LogP contribution in [-0.2, 0) is 5.41 Å². The monoisotopic (exact) mass is 495 g/mol. The van der Waals surface area contributed by atoms with E-state index < -0.39 is 11.4 Å². The number of hydrazine groups is 2. The summed E-state index contributed by atoms with van der Waals surface area (Å²) in [6.07, 6.45) is 0. The molecule has 0 aliphatic carbocycles. The maximum atomic E-state index is 12.3. The Morgan fingerprint density at radius 1 is 0.971 bits per heavy atom. The molecule has 2 amide bonds. The second kappa shape index (κ2) is 9.15. The maximum Gasteiger partial charge on any atom is 0.351 e. The summed E-state index contributed by atoms with van der Waals surface area (Å²) in [7, 11) is 0. The first kappa shape index (κ1) is 23.8. The van der Waals surface area contributed by atoms with Gasteiger partial charge in [0, 0.05) is 26.6 Å². The van der Waals surface area contributed by atoms with E-state index in [0.717, 1.165) is 21.7 Å². The van der Waals surface area contributed by atoms with Crippen molar-refractivity contribution in [2.45, 2.75) is 26.2 Å². The molecule has 0 fully saturated rings. The third kappa shape index (κ3) is 4.53. The minimum Gasteiger partial charge on any atom is -0.274 e. The lowest BCUT2D eigenvalue weighted by Gasteiger charge is -2.22. The summed E-state index contributed by atoms with van der Waals surface area (Å²) in [4.78, 5) is 26.5. The zero-order valence-electron chi connectivity index (χ0n) is 18.8. The van der Waals surface area contributed by atoms with Crippen molar-refractivity contribution in [3.8, 4) is 22.4 Å². The maximum absolute atomic E-state index is 12.3. The molecular weight excluding hydrogens is 473 g/mol. The largest absolute Gasteiger partial charge is 0.351 e. The number of pyridine rings is 1. The average Bonchev–Trinajstić information content (AvgIpc) is 2.82. The summed E-state index contributed by atoms with van der Waals surface area (Å²) in [5.74, 6) is 12.1. The van der Waals surface area contributed by atoms with Gasteiger partial charge < -0.3 is 0 Å². The van der Waals surface area contributed by atoms with Crippen molar-refractivity contribution in [3.05, 3.63) is 70.5 Å². The predicted molar refractivity (Wildman–Crippen MR) is 136 cm³/mol. The molecule has 5 N–H and O–H groups in total. The average molecular weight is 496 g/mol. The lowest BCUT2D eigenvalue weighted by atomic mass is 9.95. The van der Waals surface area contributed by atoms with Gasteiger partial charge in [-0.3, -0.25) is 5.43 Å². The number of fused-ring (bicyclic) bond motifs is 1. The number of rotatable bonds is 3. The first-order valence-electron chi connectivity index (χ1n) is 10.4. The van der Waals surface area contributed by atoms with Gasteiger partial charge in [-0.05, 0) is 29.8 Å². The van der Waals surface area contributed by atoms with Crippen molar-refractivity contribution in [2.24, 2.45) is 11.7 Å². The lowest BCUT2D eigenvalue weighted by molar-refractivity contribution is 0.246. The van der Waals surface area contributed by atoms with Crippen LogP contribution in [0.2, 0.25) is 10.0 Å². The standard InChI is InChI=1S/C24H23Cl2N7O/c1-24(2,3)22-30-20-17(21(31-22)33(28)23(34)32-27)12-16(13-8-10-14(25)11-9-13)19(29-20)15-6-4-5-7-18(15)26/h4-12H,27-28H2,1-3H3,(H,32,34). The van der Waals surface area contributed by atoms with Crippen LogP contribution in [0.25, 0.3) is 33.4 Å². The van der Waals surface area contributed by atoms with Gasteiger partial charge in [-0.1, -0.05) is 74.3 Å². The van der Waals surface area contributed by atoms with Crippen LogP contribution in [0, 0.1) is 0 Å². The Kier molecular flexibility index (Phi) is 6.42. The highest BCUT2D eigenvalue weighted by molar-refractivity contribution is 6.33. The summed E-state index contributed by atoms with van der Waals surface area (Å²) in [6.45, 7) is 5.87. The zero-order valence-corrected chi connectivity index (χ0v) is 20.3. The molecule has 0 unspecified atom stereocenters. The number of hydrogen-bond acceptors (Lipinski definition) is 6. The van der Waals surface area contributed by atoms with Crippen LogP contribution >= 0.6 is 23.2 Å². The van der Waals surface area contributed by atoms with E-state index in [1.54, 1.807) is 18.2 Å². The quantitative estimate of drug-likeness (QED) is 0.203. The van der Waals surface area contributed by atoms with Crippen molar-refractivity contribution in [2.75, 3.05) is 5.01 Å². The molecule has 2 heterocycles. The van der Waals surface area contributed by atoms with Crippen LogP contribution in [0.5, 0.6) is 0 Å². The zero-order chi connectivity index (χ0) is 24.6. The number of aromatic nitrogens is 3. The van der Waals surface area contributed by atoms with E-state index in [1.165, 1.54) is 0 Å². The van der Waals surface area contributed by atoms with Crippen molar-refractivity contribution < 1.29 is 4.79 Å². The molecule has 0 saturated carbocycles. The Labute approximate surface area is 206 Å². The summed E-state index contributed by atoms with van der Waals surface area (Å²) >= 11 is 12.7. The fourth-order valence-electron chi connectivity index (χ4n) is 3.43. The van der Waals surface area contributed by atoms with Crippen LogP contribution in [0.4, 0.5) is 10.6 Å². The van der Waals surface area contributed by atoms with Gasteiger partial charge in [0.1, 0.15) is 5.82 Å². The Morgan fingerprint density at radius 2 is 1.65 bits per heavy atom. The second-order valence-electron chi connectivity index (χ2n) is 8.68. The minimum atomic E-state index is -0.733. The highest BCUT2D eigenvalue weighted by Gasteiger charge is 2.26. The molecule has 174 valence electrons. The number of carbonyl (C=O) groups excluding carboxylic acids is 1. The number of benzene rings is 2. The Morgan fingerprint density at radius 3 is 2.26 bits per heavy atom. The number of nitrogens with one attached hydrogen (secondary N) is 1. The van der Waals surface area contributed by atoms with E-state index in [4.69, 9.17) is 44.9 Å². The van der Waals surface area contributed by atoms with Crippen LogP contribution in [0.15, 0.2) is 54.6 Å². The van der Waals surface area contributed by atoms with Crippen LogP contribution < -0.4 is 22.1 Å². The van der Waals surface area contributed by atoms with E-state index in [1.807, 2.05) is 62.6 Å². The van der Waals surface area contributed by atoms with Crippen molar-refractivity contribution in [1.82, 2.24) is 20.4 Å². The molecule has 0 aliphatic heterocycles. The SMILES string of the molecule is CC(C)(C)c1nc(N(N)C(=O)NN)c2cc(-c3ccc(Cl)cc3)c(-c3ccccc3Cl)nc2n1. The van der Waals surface area contributed by atoms with Crippen molar-refractivity contribution in [3.63, 3.8) is 0 Å². The number of carbonyl (C=O) groups is 1. The summed E-state index contributed by atoms with van der Waals surface area (Å²) in [6, 6.07) is 15.9. The van der Waals surface area contributed by atoms with Crippen LogP contribution in [0.1, 0.15) is 26.6 Å². The molecule has 2 aromatic carbocycles. The molecule has 4 aromatic rings. The fourth-order valence-corrected chi connectivity index (χ4v) is 3.78. The normalized spacial score (nSPS) is 11.5. The lowest BCUT2D eigenvalue weighted by Crippen LogP contribution is -2.48. The van der Waals surface area contributed by atoms with Crippen LogP contribution in [0.3, 0.4) is 0 Å². The Hall–Kier alpha value is -3.30. The highest BCUT2D eigenvalue weighted by Crippen LogP contribution is 2.38. The summed E-state index contributed by atoms with van der Waals surface area (Å²) in [5, 5.41) is 2.46. The van der Waals surface area contributed by atoms with E-state index in [-0.39, 0.29) is 5.82 Å². The molecule has 10 heteroatoms. The molecule has 0 saturated heterocycles. The number of nitrogens with zero attached hydrogens (tertiary/aromatic N) is 4. The van der Waals surface area contributed by atoms with E-state index in [9.17, 15) is 4.79 Å². The molecule has 8 nitrogen and oxygen atoms in total. The molecule has 0 spiro atoms. The van der Waals surface area contributed by atoms with Gasteiger partial charge in [0.05, 0.1) is 11.1 Å². The molecule has 0 aliphatic rings. The molecule has 2 aromatic heterocycles. The van der Waals surface area contributed by atoms with Gasteiger partial charge in [-0.25, -0.2) is 36.4 Å². The molecular formula is C24H23Cl2N7O. The van der Waals surface area contributed by atoms with E-state index in [0.29, 0.717) is 32.6 Å². The number of hydrogen-bond donors (Lipinski definition) is 3. The summed E-state index contributed by atoms with van der Waals surface area (Å²) < 4.78 is 0. The Balaban J connectivity index is 2.11. The molecule has 4 rings (SSSR count). The van der Waals surface area contributed by atoms with Gasteiger partial charge in [-0.2, -0.15) is 0 Å². The van der Waals surface area contributed by atoms with E-state index in [2.05, 4.69) is 4.98 Å². The fraction of sp³-hybridized carbons (Fsp3) is 0.167. The number of amides is 2. The first-order chi connectivity index (χ1) is 16.1. The molecule has 0 radical (unpaired) electrons. The van der Waals surface area contributed by atoms with Crippen molar-refractivity contribution >= 4 is 46.1 Å². The molecule has 0 atom stereocenters. The third-order valence-electron chi connectivity index (χ3n) is 5.19.